The zero-order chi connectivity index (χ0) is 22.2. The van der Waals surface area contributed by atoms with Gasteiger partial charge in [-0.3, -0.25) is 0 Å². The fourth-order valence-electron chi connectivity index (χ4n) is 3.74. The lowest BCUT2D eigenvalue weighted by molar-refractivity contribution is 0.495. The van der Waals surface area contributed by atoms with Crippen LogP contribution in [0.25, 0.3) is 11.1 Å². The molecule has 1 fully saturated rings. The van der Waals surface area contributed by atoms with Crippen LogP contribution >= 0.6 is 0 Å². The molecule has 2 aliphatic rings. The molecule has 1 aromatic carbocycles. The predicted molar refractivity (Wildman–Crippen MR) is 115 cm³/mol. The number of nitrogen functional groups attached to an aromatic ring is 1. The Morgan fingerprint density at radius 1 is 1.03 bits per heavy atom. The molecule has 3 heterocycles. The van der Waals surface area contributed by atoms with Crippen LogP contribution in [0.3, 0.4) is 0 Å². The van der Waals surface area contributed by atoms with Crippen molar-refractivity contribution in [2.24, 2.45) is 20.4 Å². The third-order valence-electron chi connectivity index (χ3n) is 5.21. The van der Waals surface area contributed by atoms with Crippen LogP contribution in [0, 0.1) is 0 Å². The first-order valence-electron chi connectivity index (χ1n) is 9.48. The zero-order valence-electron chi connectivity index (χ0n) is 16.4. The molecule has 0 amide bonds. The first-order valence-corrected chi connectivity index (χ1v) is 12.6. The molecule has 31 heavy (non-hydrogen) atoms. The fraction of sp³-hybridized carbons (Fsp3) is 0.333. The van der Waals surface area contributed by atoms with Gasteiger partial charge in [-0.2, -0.15) is 5.11 Å². The summed E-state index contributed by atoms with van der Waals surface area (Å²) in [5, 5.41) is 15.6. The monoisotopic (exact) mass is 463 g/mol. The number of nitrogens with zero attached hydrogens (tertiary/aromatic N) is 4. The summed E-state index contributed by atoms with van der Waals surface area (Å²) < 4.78 is 52.4. The van der Waals surface area contributed by atoms with Gasteiger partial charge in [0, 0.05) is 11.8 Å². The van der Waals surface area contributed by atoms with E-state index < -0.39 is 30.0 Å². The van der Waals surface area contributed by atoms with E-state index in [0.29, 0.717) is 37.1 Å². The van der Waals surface area contributed by atoms with Crippen molar-refractivity contribution in [1.29, 1.82) is 0 Å². The van der Waals surface area contributed by atoms with E-state index in [9.17, 15) is 16.8 Å². The molecule has 13 heteroatoms. The van der Waals surface area contributed by atoms with E-state index in [1.165, 1.54) is 18.3 Å². The van der Waals surface area contributed by atoms with Gasteiger partial charge in [0.05, 0.1) is 15.7 Å². The van der Waals surface area contributed by atoms with Crippen LogP contribution < -0.4 is 16.2 Å². The highest BCUT2D eigenvalue weighted by Crippen LogP contribution is 2.37. The molecule has 0 unspecified atom stereocenters. The summed E-state index contributed by atoms with van der Waals surface area (Å²) in [7, 11) is -8.48. The van der Waals surface area contributed by atoms with Crippen molar-refractivity contribution in [3.63, 3.8) is 0 Å². The average molecular weight is 464 g/mol. The first-order chi connectivity index (χ1) is 14.7. The third kappa shape index (κ3) is 4.08. The van der Waals surface area contributed by atoms with E-state index in [2.05, 4.69) is 25.5 Å². The van der Waals surface area contributed by atoms with Crippen LogP contribution in [0.1, 0.15) is 18.4 Å². The molecule has 164 valence electrons. The number of piperidine rings is 1. The molecule has 0 aliphatic carbocycles. The summed E-state index contributed by atoms with van der Waals surface area (Å²) in [5.74, 6) is 0.276. The van der Waals surface area contributed by atoms with Crippen molar-refractivity contribution in [3.8, 4) is 11.1 Å². The highest BCUT2D eigenvalue weighted by molar-refractivity contribution is 7.94. The van der Waals surface area contributed by atoms with Crippen molar-refractivity contribution in [3.05, 3.63) is 36.0 Å². The minimum absolute atomic E-state index is 0.00166. The normalized spacial score (nSPS) is 17.6. The number of pyridine rings is 1. The van der Waals surface area contributed by atoms with E-state index in [-0.39, 0.29) is 28.8 Å². The van der Waals surface area contributed by atoms with Gasteiger partial charge < -0.3 is 11.1 Å². The summed E-state index contributed by atoms with van der Waals surface area (Å²) >= 11 is 0. The van der Waals surface area contributed by atoms with Crippen LogP contribution in [-0.4, -0.2) is 52.7 Å². The molecule has 0 bridgehead atoms. The van der Waals surface area contributed by atoms with Gasteiger partial charge in [0.1, 0.15) is 10.7 Å². The van der Waals surface area contributed by atoms with Gasteiger partial charge >= 0.3 is 0 Å². The van der Waals surface area contributed by atoms with Gasteiger partial charge in [-0.15, -0.1) is 5.11 Å². The lowest BCUT2D eigenvalue weighted by Gasteiger charge is -2.24. The fourth-order valence-corrected chi connectivity index (χ4v) is 7.11. The van der Waals surface area contributed by atoms with Crippen molar-refractivity contribution in [1.82, 2.24) is 10.3 Å². The number of amidine groups is 1. The van der Waals surface area contributed by atoms with Crippen molar-refractivity contribution in [2.45, 2.75) is 27.9 Å². The second-order valence-corrected chi connectivity index (χ2v) is 10.9. The molecular weight excluding hydrogens is 442 g/mol. The second-order valence-electron chi connectivity index (χ2n) is 7.19. The number of azo groups is 1. The van der Waals surface area contributed by atoms with Crippen LogP contribution in [-0.2, 0) is 19.9 Å². The minimum atomic E-state index is -4.48. The number of benzene rings is 1. The molecule has 1 saturated heterocycles. The SMILES string of the molecule is Nc1ccc(-c2ccc(S(=O)(=O)C3CCNCC3)c(S(N)(=O)=O)c2C2=NCN=N2)cn1. The third-order valence-corrected chi connectivity index (χ3v) is 8.63. The molecule has 0 saturated carbocycles. The number of hydrogen-bond acceptors (Lipinski definition) is 10. The summed E-state index contributed by atoms with van der Waals surface area (Å²) in [5.41, 5.74) is 6.52. The summed E-state index contributed by atoms with van der Waals surface area (Å²) in [6, 6.07) is 5.98. The van der Waals surface area contributed by atoms with Gasteiger partial charge in [0.15, 0.2) is 22.3 Å². The zero-order valence-corrected chi connectivity index (χ0v) is 18.0. The highest BCUT2D eigenvalue weighted by Gasteiger charge is 2.37. The number of rotatable bonds is 5. The number of anilines is 1. The smallest absolute Gasteiger partial charge is 0.240 e. The van der Waals surface area contributed by atoms with E-state index >= 15 is 0 Å². The lowest BCUT2D eigenvalue weighted by Crippen LogP contribution is -2.36. The summed E-state index contributed by atoms with van der Waals surface area (Å²) in [4.78, 5) is 7.29. The van der Waals surface area contributed by atoms with Gasteiger partial charge in [-0.1, -0.05) is 6.07 Å². The van der Waals surface area contributed by atoms with E-state index in [1.54, 1.807) is 12.1 Å². The summed E-state index contributed by atoms with van der Waals surface area (Å²) in [6.45, 7) is 1.05. The van der Waals surface area contributed by atoms with Crippen LogP contribution in [0.15, 0.2) is 55.5 Å². The number of nitrogens with one attached hydrogen (secondary N) is 1. The molecule has 2 aromatic rings. The Kier molecular flexibility index (Phi) is 5.60. The van der Waals surface area contributed by atoms with Crippen LogP contribution in [0.4, 0.5) is 5.82 Å². The quantitative estimate of drug-likeness (QED) is 0.582. The van der Waals surface area contributed by atoms with E-state index in [1.807, 2.05) is 0 Å². The topological polar surface area (TPSA) is 182 Å². The van der Waals surface area contributed by atoms with Crippen molar-refractivity contribution in [2.75, 3.05) is 25.5 Å². The number of primary sulfonamides is 1. The van der Waals surface area contributed by atoms with Gasteiger partial charge in [-0.25, -0.2) is 32.0 Å². The number of sulfonamides is 1. The Balaban J connectivity index is 2.03. The van der Waals surface area contributed by atoms with Gasteiger partial charge in [0.25, 0.3) is 0 Å². The molecule has 1 aromatic heterocycles. The first kappa shape index (κ1) is 21.5. The maximum Gasteiger partial charge on any atom is 0.240 e. The van der Waals surface area contributed by atoms with Crippen molar-refractivity contribution < 1.29 is 16.8 Å². The molecule has 4 rings (SSSR count). The van der Waals surface area contributed by atoms with Gasteiger partial charge in [0.2, 0.25) is 10.0 Å². The predicted octanol–water partition coefficient (Wildman–Crippen LogP) is 0.674. The Hall–Kier alpha value is -2.74. The molecule has 2 aliphatic heterocycles. The van der Waals surface area contributed by atoms with Gasteiger partial charge in [-0.05, 0) is 49.7 Å². The van der Waals surface area contributed by atoms with Crippen LogP contribution in [0.5, 0.6) is 0 Å². The van der Waals surface area contributed by atoms with E-state index in [4.69, 9.17) is 10.9 Å². The highest BCUT2D eigenvalue weighted by atomic mass is 32.2. The Bertz CT molecular complexity index is 1280. The van der Waals surface area contributed by atoms with Crippen molar-refractivity contribution >= 4 is 31.5 Å². The Morgan fingerprint density at radius 3 is 2.35 bits per heavy atom. The van der Waals surface area contributed by atoms with E-state index in [0.717, 1.165) is 0 Å². The molecule has 11 nitrogen and oxygen atoms in total. The number of sulfone groups is 1. The Labute approximate surface area is 179 Å². The Morgan fingerprint density at radius 2 is 1.77 bits per heavy atom. The standard InChI is InChI=1S/C18H21N7O4S2/c19-15-4-1-11(9-22-15)13-2-3-14(30(26,27)12-5-7-21-8-6-12)17(31(20,28)29)16(13)18-23-10-24-25-18/h1-4,9,12,21H,5-8,10H2,(H2,19,22)(H2,20,28,29). The maximum absolute atomic E-state index is 13.4. The number of aliphatic imine (C=N–C) groups is 1. The molecule has 0 atom stereocenters. The van der Waals surface area contributed by atoms with Crippen LogP contribution in [0.2, 0.25) is 0 Å². The number of nitrogens with two attached hydrogens (primary N) is 2. The molecule has 0 spiro atoms. The number of aromatic nitrogens is 1. The summed E-state index contributed by atoms with van der Waals surface area (Å²) in [6.07, 6.45) is 2.19. The minimum Gasteiger partial charge on any atom is -0.384 e. The largest absolute Gasteiger partial charge is 0.384 e. The molecule has 5 N–H and O–H groups in total. The lowest BCUT2D eigenvalue weighted by atomic mass is 10.00. The maximum atomic E-state index is 13.4. The average Bonchev–Trinajstić information content (AvgIpc) is 3.28. The second kappa shape index (κ2) is 8.07. The molecular formula is C18H21N7O4S2. The molecule has 0 radical (unpaired) electrons. The number of hydrogen-bond donors (Lipinski definition) is 3.